The SMILES string of the molecule is CNC(c1ccc(F)cc1Br)c1cnnn1C. The molecule has 0 aliphatic carbocycles. The molecule has 1 aromatic heterocycles. The second kappa shape index (κ2) is 4.93. The van der Waals surface area contributed by atoms with Crippen LogP contribution in [0.4, 0.5) is 4.39 Å². The minimum absolute atomic E-state index is 0.0787. The number of rotatable bonds is 3. The summed E-state index contributed by atoms with van der Waals surface area (Å²) in [4.78, 5) is 0. The molecule has 0 aliphatic heterocycles. The summed E-state index contributed by atoms with van der Waals surface area (Å²) in [6, 6.07) is 4.55. The van der Waals surface area contributed by atoms with Crippen molar-refractivity contribution in [3.8, 4) is 0 Å². The van der Waals surface area contributed by atoms with E-state index < -0.39 is 0 Å². The Hall–Kier alpha value is -1.27. The van der Waals surface area contributed by atoms with Gasteiger partial charge in [-0.15, -0.1) is 5.10 Å². The van der Waals surface area contributed by atoms with Gasteiger partial charge in [0.05, 0.1) is 17.9 Å². The Bertz CT molecular complexity index is 526. The van der Waals surface area contributed by atoms with Gasteiger partial charge in [0.15, 0.2) is 0 Å². The normalized spacial score (nSPS) is 12.7. The van der Waals surface area contributed by atoms with E-state index in [1.54, 1.807) is 16.9 Å². The first-order valence-corrected chi connectivity index (χ1v) is 5.89. The molecule has 1 N–H and O–H groups in total. The molecular formula is C11H12BrFN4. The zero-order chi connectivity index (χ0) is 12.4. The van der Waals surface area contributed by atoms with E-state index in [0.29, 0.717) is 0 Å². The van der Waals surface area contributed by atoms with Crippen molar-refractivity contribution in [3.05, 3.63) is 45.9 Å². The maximum Gasteiger partial charge on any atom is 0.124 e. The highest BCUT2D eigenvalue weighted by Crippen LogP contribution is 2.28. The van der Waals surface area contributed by atoms with Gasteiger partial charge < -0.3 is 5.32 Å². The molecule has 0 bridgehead atoms. The number of benzene rings is 1. The number of nitrogens with one attached hydrogen (secondary N) is 1. The van der Waals surface area contributed by atoms with Crippen molar-refractivity contribution in [2.24, 2.45) is 7.05 Å². The lowest BCUT2D eigenvalue weighted by atomic mass is 10.0. The molecule has 1 atom stereocenters. The molecule has 0 amide bonds. The number of aromatic nitrogens is 3. The molecule has 90 valence electrons. The highest BCUT2D eigenvalue weighted by atomic mass is 79.9. The Morgan fingerprint density at radius 3 is 2.76 bits per heavy atom. The van der Waals surface area contributed by atoms with Gasteiger partial charge in [-0.25, -0.2) is 4.39 Å². The summed E-state index contributed by atoms with van der Waals surface area (Å²) in [7, 11) is 3.66. The molecule has 4 nitrogen and oxygen atoms in total. The lowest BCUT2D eigenvalue weighted by Gasteiger charge is -2.17. The van der Waals surface area contributed by atoms with Crippen LogP contribution in [-0.2, 0) is 7.05 Å². The average molecular weight is 299 g/mol. The smallest absolute Gasteiger partial charge is 0.124 e. The van der Waals surface area contributed by atoms with Crippen LogP contribution in [0.1, 0.15) is 17.3 Å². The summed E-state index contributed by atoms with van der Waals surface area (Å²) in [5.41, 5.74) is 1.86. The molecular weight excluding hydrogens is 287 g/mol. The number of aryl methyl sites for hydroxylation is 1. The Morgan fingerprint density at radius 1 is 1.47 bits per heavy atom. The van der Waals surface area contributed by atoms with Gasteiger partial charge in [-0.3, -0.25) is 4.68 Å². The number of hydrogen-bond donors (Lipinski definition) is 1. The predicted octanol–water partition coefficient (Wildman–Crippen LogP) is 2.03. The fourth-order valence-electron chi connectivity index (χ4n) is 1.76. The number of nitrogens with zero attached hydrogens (tertiary/aromatic N) is 3. The molecule has 0 saturated carbocycles. The Morgan fingerprint density at radius 2 is 2.24 bits per heavy atom. The summed E-state index contributed by atoms with van der Waals surface area (Å²) < 4.78 is 15.5. The molecule has 1 aromatic carbocycles. The molecule has 0 aliphatic rings. The third-order valence-electron chi connectivity index (χ3n) is 2.61. The summed E-state index contributed by atoms with van der Waals surface area (Å²) in [6.45, 7) is 0. The van der Waals surface area contributed by atoms with E-state index in [1.807, 2.05) is 14.1 Å². The van der Waals surface area contributed by atoms with Crippen molar-refractivity contribution in [2.75, 3.05) is 7.05 Å². The maximum atomic E-state index is 13.1. The Balaban J connectivity index is 2.46. The fourth-order valence-corrected chi connectivity index (χ4v) is 2.34. The molecule has 0 spiro atoms. The van der Waals surface area contributed by atoms with Crippen LogP contribution in [0.3, 0.4) is 0 Å². The van der Waals surface area contributed by atoms with Crippen molar-refractivity contribution in [1.29, 1.82) is 0 Å². The van der Waals surface area contributed by atoms with Crippen LogP contribution in [0.5, 0.6) is 0 Å². The van der Waals surface area contributed by atoms with Gasteiger partial charge in [-0.2, -0.15) is 0 Å². The lowest BCUT2D eigenvalue weighted by molar-refractivity contribution is 0.591. The highest BCUT2D eigenvalue weighted by Gasteiger charge is 2.18. The van der Waals surface area contributed by atoms with Crippen LogP contribution in [0.2, 0.25) is 0 Å². The van der Waals surface area contributed by atoms with Gasteiger partial charge in [-0.05, 0) is 24.7 Å². The van der Waals surface area contributed by atoms with Gasteiger partial charge in [0.2, 0.25) is 0 Å². The molecule has 6 heteroatoms. The van der Waals surface area contributed by atoms with E-state index in [9.17, 15) is 4.39 Å². The van der Waals surface area contributed by atoms with Crippen LogP contribution in [0.25, 0.3) is 0 Å². The van der Waals surface area contributed by atoms with E-state index >= 15 is 0 Å². The van der Waals surface area contributed by atoms with Crippen molar-refractivity contribution in [3.63, 3.8) is 0 Å². The standard InChI is InChI=1S/C11H12BrFN4/c1-14-11(10-6-15-16-17(10)2)8-4-3-7(13)5-9(8)12/h3-6,11,14H,1-2H3. The Kier molecular flexibility index (Phi) is 3.54. The molecule has 0 fully saturated rings. The summed E-state index contributed by atoms with van der Waals surface area (Å²) in [5.74, 6) is -0.265. The quantitative estimate of drug-likeness (QED) is 0.943. The van der Waals surface area contributed by atoms with Gasteiger partial charge in [0, 0.05) is 11.5 Å². The van der Waals surface area contributed by atoms with Crippen LogP contribution in [0, 0.1) is 5.82 Å². The zero-order valence-corrected chi connectivity index (χ0v) is 11.1. The van der Waals surface area contributed by atoms with E-state index in [0.717, 1.165) is 15.7 Å². The minimum Gasteiger partial charge on any atom is -0.308 e. The molecule has 2 rings (SSSR count). The monoisotopic (exact) mass is 298 g/mol. The molecule has 1 heterocycles. The third kappa shape index (κ3) is 2.37. The van der Waals surface area contributed by atoms with Crippen molar-refractivity contribution < 1.29 is 4.39 Å². The predicted molar refractivity (Wildman–Crippen MR) is 66.0 cm³/mol. The molecule has 2 aromatic rings. The van der Waals surface area contributed by atoms with Crippen LogP contribution in [0.15, 0.2) is 28.9 Å². The molecule has 0 saturated heterocycles. The largest absolute Gasteiger partial charge is 0.308 e. The topological polar surface area (TPSA) is 42.7 Å². The lowest BCUT2D eigenvalue weighted by Crippen LogP contribution is -2.21. The summed E-state index contributed by atoms with van der Waals surface area (Å²) >= 11 is 3.37. The zero-order valence-electron chi connectivity index (χ0n) is 9.48. The van der Waals surface area contributed by atoms with Gasteiger partial charge in [0.1, 0.15) is 5.82 Å². The second-order valence-electron chi connectivity index (χ2n) is 3.67. The van der Waals surface area contributed by atoms with Crippen LogP contribution in [-0.4, -0.2) is 22.0 Å². The van der Waals surface area contributed by atoms with Crippen molar-refractivity contribution >= 4 is 15.9 Å². The van der Waals surface area contributed by atoms with Crippen molar-refractivity contribution in [2.45, 2.75) is 6.04 Å². The first-order chi connectivity index (χ1) is 8.13. The minimum atomic E-state index is -0.265. The van der Waals surface area contributed by atoms with Crippen LogP contribution >= 0.6 is 15.9 Å². The highest BCUT2D eigenvalue weighted by molar-refractivity contribution is 9.10. The van der Waals surface area contributed by atoms with Gasteiger partial charge in [-0.1, -0.05) is 27.2 Å². The number of halogens is 2. The number of hydrogen-bond acceptors (Lipinski definition) is 3. The maximum absolute atomic E-state index is 13.1. The van der Waals surface area contributed by atoms with E-state index in [2.05, 4.69) is 31.6 Å². The molecule has 0 radical (unpaired) electrons. The second-order valence-corrected chi connectivity index (χ2v) is 4.52. The van der Waals surface area contributed by atoms with Crippen LogP contribution < -0.4 is 5.32 Å². The first-order valence-electron chi connectivity index (χ1n) is 5.10. The van der Waals surface area contributed by atoms with E-state index in [-0.39, 0.29) is 11.9 Å². The van der Waals surface area contributed by atoms with E-state index in [4.69, 9.17) is 0 Å². The Labute approximate surface area is 107 Å². The fraction of sp³-hybridized carbons (Fsp3) is 0.273. The first kappa shape index (κ1) is 12.2. The average Bonchev–Trinajstić information content (AvgIpc) is 2.69. The summed E-state index contributed by atoms with van der Waals surface area (Å²) in [5, 5.41) is 10.9. The third-order valence-corrected chi connectivity index (χ3v) is 3.29. The van der Waals surface area contributed by atoms with Gasteiger partial charge in [0.25, 0.3) is 0 Å². The molecule has 1 unspecified atom stereocenters. The van der Waals surface area contributed by atoms with E-state index in [1.165, 1.54) is 12.1 Å². The van der Waals surface area contributed by atoms with Gasteiger partial charge >= 0.3 is 0 Å². The summed E-state index contributed by atoms with van der Waals surface area (Å²) in [6.07, 6.45) is 1.69. The van der Waals surface area contributed by atoms with Crippen molar-refractivity contribution in [1.82, 2.24) is 20.3 Å². The molecule has 17 heavy (non-hydrogen) atoms.